The van der Waals surface area contributed by atoms with Crippen molar-refractivity contribution < 1.29 is 0 Å². The first-order valence-electron chi connectivity index (χ1n) is 15.3. The third-order valence-corrected chi connectivity index (χ3v) is 9.89. The van der Waals surface area contributed by atoms with E-state index in [1.807, 2.05) is 0 Å². The molecule has 3 heteroatoms. The molecule has 4 aromatic rings. The Hall–Kier alpha value is -3.46. The summed E-state index contributed by atoms with van der Waals surface area (Å²) in [5.74, 6) is 0.566. The Morgan fingerprint density at radius 1 is 0.725 bits per heavy atom. The van der Waals surface area contributed by atoms with E-state index in [0.717, 1.165) is 0 Å². The summed E-state index contributed by atoms with van der Waals surface area (Å²) in [4.78, 5) is 5.15. The topological polar surface area (TPSA) is 6.48 Å². The number of rotatable bonds is 1. The molecule has 3 aliphatic rings. The van der Waals surface area contributed by atoms with Gasteiger partial charge in [-0.25, -0.2) is 0 Å². The lowest BCUT2D eigenvalue weighted by atomic mass is 9.33. The van der Waals surface area contributed by atoms with Crippen molar-refractivity contribution in [2.45, 2.75) is 77.7 Å². The van der Waals surface area contributed by atoms with E-state index in [2.05, 4.69) is 130 Å². The summed E-state index contributed by atoms with van der Waals surface area (Å²) >= 11 is 0. The third-order valence-electron chi connectivity index (χ3n) is 9.89. The molecule has 3 heterocycles. The predicted octanol–water partition coefficient (Wildman–Crippen LogP) is 7.77. The first-order valence-corrected chi connectivity index (χ1v) is 15.3. The van der Waals surface area contributed by atoms with Gasteiger partial charge in [-0.3, -0.25) is 0 Å². The lowest BCUT2D eigenvalue weighted by molar-refractivity contribution is 0.559. The van der Waals surface area contributed by atoms with E-state index >= 15 is 0 Å². The molecule has 2 unspecified atom stereocenters. The zero-order valence-electron chi connectivity index (χ0n) is 25.0. The Balaban J connectivity index is 1.43. The molecule has 0 N–H and O–H groups in total. The van der Waals surface area contributed by atoms with Crippen LogP contribution in [0.15, 0.2) is 78.9 Å². The molecule has 4 aromatic carbocycles. The molecule has 0 aromatic heterocycles. The van der Waals surface area contributed by atoms with E-state index in [4.69, 9.17) is 0 Å². The van der Waals surface area contributed by atoms with Crippen LogP contribution in [-0.4, -0.2) is 19.8 Å². The van der Waals surface area contributed by atoms with E-state index in [1.54, 1.807) is 0 Å². The number of benzene rings is 4. The van der Waals surface area contributed by atoms with Gasteiger partial charge in [-0.1, -0.05) is 101 Å². The maximum Gasteiger partial charge on any atom is 0.252 e. The second kappa shape index (κ2) is 9.30. The van der Waals surface area contributed by atoms with Crippen LogP contribution < -0.4 is 26.2 Å². The first kappa shape index (κ1) is 25.5. The molecule has 0 amide bonds. The lowest BCUT2D eigenvalue weighted by Gasteiger charge is -2.46. The minimum Gasteiger partial charge on any atom is -0.345 e. The van der Waals surface area contributed by atoms with Crippen molar-refractivity contribution in [1.82, 2.24) is 0 Å². The Kier molecular flexibility index (Phi) is 5.93. The molecule has 0 saturated carbocycles. The number of para-hydroxylation sites is 1. The summed E-state index contributed by atoms with van der Waals surface area (Å²) in [6.07, 6.45) is 5.11. The van der Waals surface area contributed by atoms with Gasteiger partial charge in [0, 0.05) is 35.8 Å². The molecule has 202 valence electrons. The molecule has 2 nitrogen and oxygen atoms in total. The number of hydrogen-bond acceptors (Lipinski definition) is 2. The van der Waals surface area contributed by atoms with Crippen molar-refractivity contribution in [2.24, 2.45) is 0 Å². The van der Waals surface area contributed by atoms with Gasteiger partial charge < -0.3 is 9.80 Å². The average Bonchev–Trinajstić information content (AvgIpc) is 3.01. The van der Waals surface area contributed by atoms with Gasteiger partial charge in [-0.2, -0.15) is 0 Å². The summed E-state index contributed by atoms with van der Waals surface area (Å²) < 4.78 is 0. The van der Waals surface area contributed by atoms with Crippen LogP contribution in [0.25, 0.3) is 11.1 Å². The van der Waals surface area contributed by atoms with Gasteiger partial charge in [-0.05, 0) is 87.9 Å². The van der Waals surface area contributed by atoms with Gasteiger partial charge in [0.1, 0.15) is 0 Å². The van der Waals surface area contributed by atoms with Gasteiger partial charge in [0.25, 0.3) is 6.71 Å². The van der Waals surface area contributed by atoms with Crippen LogP contribution >= 0.6 is 0 Å². The quantitative estimate of drug-likeness (QED) is 0.235. The Labute approximate surface area is 241 Å². The minimum absolute atomic E-state index is 0.158. The molecule has 0 spiro atoms. The monoisotopic (exact) mass is 524 g/mol. The van der Waals surface area contributed by atoms with Crippen LogP contribution in [0.1, 0.15) is 77.3 Å². The third kappa shape index (κ3) is 3.85. The fraction of sp³-hybridized carbons (Fsp3) is 0.351. The molecule has 0 radical (unpaired) electrons. The van der Waals surface area contributed by atoms with Gasteiger partial charge in [0.15, 0.2) is 0 Å². The average molecular weight is 525 g/mol. The van der Waals surface area contributed by atoms with Crippen LogP contribution in [0.4, 0.5) is 22.7 Å². The van der Waals surface area contributed by atoms with Crippen molar-refractivity contribution in [3.8, 4) is 11.1 Å². The molecule has 0 saturated heterocycles. The van der Waals surface area contributed by atoms with Gasteiger partial charge in [0.2, 0.25) is 0 Å². The lowest BCUT2D eigenvalue weighted by Crippen LogP contribution is -2.63. The molecule has 2 atom stereocenters. The second-order valence-corrected chi connectivity index (χ2v) is 13.5. The molecule has 40 heavy (non-hydrogen) atoms. The summed E-state index contributed by atoms with van der Waals surface area (Å²) in [5, 5.41) is 0. The largest absolute Gasteiger partial charge is 0.345 e. The molecular weight excluding hydrogens is 483 g/mol. The van der Waals surface area contributed by atoms with E-state index in [-0.39, 0.29) is 12.1 Å². The van der Waals surface area contributed by atoms with Crippen molar-refractivity contribution in [1.29, 1.82) is 0 Å². The maximum absolute atomic E-state index is 2.71. The van der Waals surface area contributed by atoms with E-state index in [0.29, 0.717) is 12.0 Å². The fourth-order valence-corrected chi connectivity index (χ4v) is 7.61. The summed E-state index contributed by atoms with van der Waals surface area (Å²) in [6.45, 7) is 12.0. The summed E-state index contributed by atoms with van der Waals surface area (Å²) in [5.41, 5.74) is 15.5. The van der Waals surface area contributed by atoms with Crippen LogP contribution in [0.2, 0.25) is 0 Å². The zero-order chi connectivity index (χ0) is 27.8. The van der Waals surface area contributed by atoms with Crippen LogP contribution in [-0.2, 0) is 5.41 Å². The Bertz CT molecular complexity index is 1600. The van der Waals surface area contributed by atoms with Crippen LogP contribution in [0.5, 0.6) is 0 Å². The highest BCUT2D eigenvalue weighted by molar-refractivity contribution is 7.00. The standard InChI is InChI=1S/C37H41BN2/c1-24-11-7-8-12-25(2)40-33-16-10-15-32-35(33)38(31-14-9-13-29(24)36(31)40)30-22-19-27(23-34(30)39(32)6)26-17-20-28(21-18-26)37(3,4)5/h9-10,13-25H,7-8,11-12H2,1-6H3. The smallest absolute Gasteiger partial charge is 0.252 e. The van der Waals surface area contributed by atoms with E-state index in [1.165, 1.54) is 87.1 Å². The summed E-state index contributed by atoms with van der Waals surface area (Å²) in [7, 11) is 2.26. The fourth-order valence-electron chi connectivity index (χ4n) is 7.61. The van der Waals surface area contributed by atoms with Crippen molar-refractivity contribution in [3.63, 3.8) is 0 Å². The van der Waals surface area contributed by atoms with Crippen LogP contribution in [0, 0.1) is 0 Å². The highest BCUT2D eigenvalue weighted by atomic mass is 15.2. The molecule has 0 bridgehead atoms. The highest BCUT2D eigenvalue weighted by Gasteiger charge is 2.43. The second-order valence-electron chi connectivity index (χ2n) is 13.5. The SMILES string of the molecule is CC1CCCCC(C)N2c3cccc4c3B(c3ccc(-c5ccc(C(C)(C)C)cc5)cc3N4C)c3cccc1c32. The van der Waals surface area contributed by atoms with Crippen LogP contribution in [0.3, 0.4) is 0 Å². The number of fused-ring (bicyclic) bond motifs is 4. The molecular formula is C37H41BN2. The maximum atomic E-state index is 2.71. The van der Waals surface area contributed by atoms with Crippen molar-refractivity contribution >= 4 is 45.9 Å². The highest BCUT2D eigenvalue weighted by Crippen LogP contribution is 2.43. The van der Waals surface area contributed by atoms with Crippen molar-refractivity contribution in [3.05, 3.63) is 90.0 Å². The van der Waals surface area contributed by atoms with Gasteiger partial charge >= 0.3 is 0 Å². The summed E-state index contributed by atoms with van der Waals surface area (Å²) in [6, 6.07) is 31.0. The van der Waals surface area contributed by atoms with E-state index < -0.39 is 0 Å². The number of anilines is 4. The van der Waals surface area contributed by atoms with Crippen molar-refractivity contribution in [2.75, 3.05) is 16.8 Å². The number of hydrogen-bond donors (Lipinski definition) is 0. The minimum atomic E-state index is 0.158. The van der Waals surface area contributed by atoms with Gasteiger partial charge in [-0.15, -0.1) is 0 Å². The Morgan fingerprint density at radius 3 is 2.20 bits per heavy atom. The van der Waals surface area contributed by atoms with Gasteiger partial charge in [0.05, 0.1) is 0 Å². The molecule has 7 rings (SSSR count). The number of nitrogens with zero attached hydrogens (tertiary/aromatic N) is 2. The zero-order valence-corrected chi connectivity index (χ0v) is 25.0. The normalized spacial score (nSPS) is 19.7. The molecule has 0 fully saturated rings. The Morgan fingerprint density at radius 2 is 1.43 bits per heavy atom. The first-order chi connectivity index (χ1) is 19.2. The predicted molar refractivity (Wildman–Crippen MR) is 175 cm³/mol. The van der Waals surface area contributed by atoms with E-state index in [9.17, 15) is 0 Å². The molecule has 3 aliphatic heterocycles. The molecule has 0 aliphatic carbocycles.